The first-order valence-electron chi connectivity index (χ1n) is 8.90. The molecule has 2 heterocycles. The van der Waals surface area contributed by atoms with E-state index in [1.807, 2.05) is 18.2 Å². The van der Waals surface area contributed by atoms with E-state index in [0.29, 0.717) is 37.7 Å². The van der Waals surface area contributed by atoms with Crippen molar-refractivity contribution in [2.75, 3.05) is 32.9 Å². The zero-order chi connectivity index (χ0) is 19.9. The van der Waals surface area contributed by atoms with Crippen LogP contribution < -0.4 is 4.74 Å². The number of ketones is 2. The number of nitrogens with zero attached hydrogens (tertiary/aromatic N) is 2. The number of ether oxygens (including phenoxy) is 2. The second kappa shape index (κ2) is 9.09. The monoisotopic (exact) mass is 383 g/mol. The minimum absolute atomic E-state index is 0.0325. The smallest absolute Gasteiger partial charge is 0.257 e. The van der Waals surface area contributed by atoms with Crippen LogP contribution in [-0.2, 0) is 14.3 Å². The largest absolute Gasteiger partial charge is 0.485 e. The van der Waals surface area contributed by atoms with Gasteiger partial charge in [0.05, 0.1) is 30.7 Å². The van der Waals surface area contributed by atoms with Crippen LogP contribution in [0.15, 0.2) is 42.1 Å². The molecule has 0 unspecified atom stereocenters. The molecule has 1 aromatic heterocycles. The van der Waals surface area contributed by atoms with Crippen LogP contribution in [0.2, 0.25) is 0 Å². The third-order valence-corrected chi connectivity index (χ3v) is 4.18. The molecule has 0 radical (unpaired) electrons. The quantitative estimate of drug-likeness (QED) is 0.337. The van der Waals surface area contributed by atoms with Crippen LogP contribution >= 0.6 is 0 Å². The van der Waals surface area contributed by atoms with Crippen molar-refractivity contribution in [2.24, 2.45) is 0 Å². The van der Waals surface area contributed by atoms with Crippen LogP contribution in [0.25, 0.3) is 6.08 Å². The van der Waals surface area contributed by atoms with Crippen molar-refractivity contribution >= 4 is 23.5 Å². The molecular formula is C20H21N3O5. The fourth-order valence-electron chi connectivity index (χ4n) is 2.69. The van der Waals surface area contributed by atoms with E-state index < -0.39 is 0 Å². The van der Waals surface area contributed by atoms with Crippen LogP contribution in [0.1, 0.15) is 23.2 Å². The number of Topliss-reactive ketones (excluding diaryl/α,β-unsaturated/α-hetero) is 2. The number of hydrogen-bond acceptors (Lipinski definition) is 6. The fourth-order valence-corrected chi connectivity index (χ4v) is 2.69. The summed E-state index contributed by atoms with van der Waals surface area (Å²) in [7, 11) is 0. The Hall–Kier alpha value is -3.26. The third kappa shape index (κ3) is 4.92. The Labute approximate surface area is 162 Å². The van der Waals surface area contributed by atoms with Gasteiger partial charge in [0.2, 0.25) is 5.78 Å². The van der Waals surface area contributed by atoms with E-state index >= 15 is 0 Å². The van der Waals surface area contributed by atoms with Crippen molar-refractivity contribution in [3.8, 4) is 5.75 Å². The van der Waals surface area contributed by atoms with E-state index in [-0.39, 0.29) is 35.5 Å². The van der Waals surface area contributed by atoms with Crippen LogP contribution in [-0.4, -0.2) is 65.3 Å². The van der Waals surface area contributed by atoms with Gasteiger partial charge < -0.3 is 19.4 Å². The number of rotatable bonds is 7. The average Bonchev–Trinajstić information content (AvgIpc) is 3.20. The Kier molecular flexibility index (Phi) is 6.33. The molecule has 3 rings (SSSR count). The van der Waals surface area contributed by atoms with E-state index in [1.165, 1.54) is 19.2 Å². The number of amides is 1. The van der Waals surface area contributed by atoms with Crippen LogP contribution in [0, 0.1) is 0 Å². The lowest BCUT2D eigenvalue weighted by Gasteiger charge is -2.27. The summed E-state index contributed by atoms with van der Waals surface area (Å²) in [6.07, 6.45) is 2.83. The molecule has 1 aliphatic heterocycles. The highest BCUT2D eigenvalue weighted by atomic mass is 16.5. The standard InChI is InChI=1S/C20H21N3O5/c1-14(24)17(20(26)23-7-9-27-10-8-23)11-15-12-21-19(22-15)18(25)13-28-16-5-3-2-4-6-16/h2-6,11-12H,7-10,13H2,1H3,(H,21,22). The summed E-state index contributed by atoms with van der Waals surface area (Å²) in [6, 6.07) is 8.97. The molecule has 2 aromatic rings. The molecule has 0 bridgehead atoms. The Balaban J connectivity index is 1.69. The van der Waals surface area contributed by atoms with E-state index in [1.54, 1.807) is 17.0 Å². The third-order valence-electron chi connectivity index (χ3n) is 4.18. The number of para-hydroxylation sites is 1. The molecule has 1 aliphatic rings. The molecule has 1 aromatic carbocycles. The van der Waals surface area contributed by atoms with Gasteiger partial charge in [0.25, 0.3) is 5.91 Å². The van der Waals surface area contributed by atoms with E-state index in [4.69, 9.17) is 9.47 Å². The van der Waals surface area contributed by atoms with E-state index in [2.05, 4.69) is 9.97 Å². The maximum Gasteiger partial charge on any atom is 0.257 e. The highest BCUT2D eigenvalue weighted by Crippen LogP contribution is 2.12. The first-order chi connectivity index (χ1) is 13.5. The Bertz CT molecular complexity index is 882. The number of benzene rings is 1. The zero-order valence-electron chi connectivity index (χ0n) is 15.5. The van der Waals surface area contributed by atoms with Gasteiger partial charge in [-0.2, -0.15) is 0 Å². The number of nitrogens with one attached hydrogen (secondary N) is 1. The maximum absolute atomic E-state index is 12.6. The summed E-state index contributed by atoms with van der Waals surface area (Å²) in [6.45, 7) is 2.93. The van der Waals surface area contributed by atoms with Crippen molar-refractivity contribution in [1.29, 1.82) is 0 Å². The summed E-state index contributed by atoms with van der Waals surface area (Å²) in [5.74, 6) is -0.370. The first-order valence-corrected chi connectivity index (χ1v) is 8.90. The number of aromatic nitrogens is 2. The summed E-state index contributed by atoms with van der Waals surface area (Å²) >= 11 is 0. The molecule has 0 atom stereocenters. The van der Waals surface area contributed by atoms with E-state index in [0.717, 1.165) is 0 Å². The molecule has 1 amide bonds. The highest BCUT2D eigenvalue weighted by molar-refractivity contribution is 6.21. The summed E-state index contributed by atoms with van der Waals surface area (Å²) in [4.78, 5) is 45.2. The van der Waals surface area contributed by atoms with Gasteiger partial charge in [-0.15, -0.1) is 0 Å². The molecule has 8 nitrogen and oxygen atoms in total. The summed E-state index contributed by atoms with van der Waals surface area (Å²) < 4.78 is 10.6. The molecule has 1 fully saturated rings. The van der Waals surface area contributed by atoms with Crippen LogP contribution in [0.3, 0.4) is 0 Å². The van der Waals surface area contributed by atoms with Gasteiger partial charge in [-0.05, 0) is 25.1 Å². The molecule has 0 aliphatic carbocycles. The fraction of sp³-hybridized carbons (Fsp3) is 0.300. The predicted octanol–water partition coefficient (Wildman–Crippen LogP) is 1.50. The van der Waals surface area contributed by atoms with Crippen molar-refractivity contribution in [3.63, 3.8) is 0 Å². The second-order valence-corrected chi connectivity index (χ2v) is 6.23. The molecule has 8 heteroatoms. The molecule has 1 N–H and O–H groups in total. The molecule has 1 saturated heterocycles. The maximum atomic E-state index is 12.6. The molecule has 0 saturated carbocycles. The average molecular weight is 383 g/mol. The van der Waals surface area contributed by atoms with Gasteiger partial charge in [-0.3, -0.25) is 14.4 Å². The van der Waals surface area contributed by atoms with Gasteiger partial charge in [0.1, 0.15) is 5.75 Å². The Morgan fingerprint density at radius 1 is 1.21 bits per heavy atom. The number of carbonyl (C=O) groups is 3. The Morgan fingerprint density at radius 2 is 1.93 bits per heavy atom. The molecule has 0 spiro atoms. The van der Waals surface area contributed by atoms with Crippen molar-refractivity contribution in [1.82, 2.24) is 14.9 Å². The predicted molar refractivity (Wildman–Crippen MR) is 101 cm³/mol. The number of carbonyl (C=O) groups excluding carboxylic acids is 3. The number of hydrogen-bond donors (Lipinski definition) is 1. The number of imidazole rings is 1. The zero-order valence-corrected chi connectivity index (χ0v) is 15.5. The minimum Gasteiger partial charge on any atom is -0.485 e. The van der Waals surface area contributed by atoms with Gasteiger partial charge in [0, 0.05) is 13.1 Å². The Morgan fingerprint density at radius 3 is 2.61 bits per heavy atom. The number of morpholine rings is 1. The molecule has 28 heavy (non-hydrogen) atoms. The van der Waals surface area contributed by atoms with Crippen molar-refractivity contribution in [2.45, 2.75) is 6.92 Å². The SMILES string of the molecule is CC(=O)C(=Cc1cnc(C(=O)COc2ccccc2)[nH]1)C(=O)N1CCOCC1. The van der Waals surface area contributed by atoms with Gasteiger partial charge in [-0.25, -0.2) is 4.98 Å². The summed E-state index contributed by atoms with van der Waals surface area (Å²) in [5.41, 5.74) is 0.431. The normalized spacial score (nSPS) is 14.6. The van der Waals surface area contributed by atoms with Crippen molar-refractivity contribution < 1.29 is 23.9 Å². The van der Waals surface area contributed by atoms with Gasteiger partial charge >= 0.3 is 0 Å². The first kappa shape index (κ1) is 19.5. The van der Waals surface area contributed by atoms with Crippen LogP contribution in [0.5, 0.6) is 5.75 Å². The van der Waals surface area contributed by atoms with Crippen LogP contribution in [0.4, 0.5) is 0 Å². The molecule has 146 valence electrons. The summed E-state index contributed by atoms with van der Waals surface area (Å²) in [5, 5.41) is 0. The number of aromatic amines is 1. The second-order valence-electron chi connectivity index (χ2n) is 6.23. The number of H-pyrrole nitrogens is 1. The van der Waals surface area contributed by atoms with Gasteiger partial charge in [0.15, 0.2) is 18.2 Å². The van der Waals surface area contributed by atoms with Crippen molar-refractivity contribution in [3.05, 3.63) is 53.6 Å². The highest BCUT2D eigenvalue weighted by Gasteiger charge is 2.23. The topological polar surface area (TPSA) is 102 Å². The minimum atomic E-state index is -0.356. The molecular weight excluding hydrogens is 362 g/mol. The lowest BCUT2D eigenvalue weighted by atomic mass is 10.1. The lowest BCUT2D eigenvalue weighted by Crippen LogP contribution is -2.42. The lowest BCUT2D eigenvalue weighted by molar-refractivity contribution is -0.132. The van der Waals surface area contributed by atoms with E-state index in [9.17, 15) is 14.4 Å². The van der Waals surface area contributed by atoms with Gasteiger partial charge in [-0.1, -0.05) is 18.2 Å².